The standard InChI is InChI=1S/C30H34F2N4O2/c31-27-11-7-25(8-12-27)30(26-9-13-28(32)14-10-26)36-21-19-35(20-22-36)18-3-23-37-29-15-5-24(6-16-29)4-1-2-17-34-38-33/h5-16,30,34H,2-3,17-23,33H2. The summed E-state index contributed by atoms with van der Waals surface area (Å²) in [5.41, 5.74) is 5.50. The highest BCUT2D eigenvalue weighted by atomic mass is 19.1. The summed E-state index contributed by atoms with van der Waals surface area (Å²) < 4.78 is 33.0. The Morgan fingerprint density at radius 3 is 2.03 bits per heavy atom. The van der Waals surface area contributed by atoms with Crippen molar-refractivity contribution in [1.29, 1.82) is 0 Å². The molecule has 6 nitrogen and oxygen atoms in total. The first-order chi connectivity index (χ1) is 18.6. The van der Waals surface area contributed by atoms with Crippen LogP contribution < -0.4 is 16.1 Å². The fourth-order valence-corrected chi connectivity index (χ4v) is 4.60. The van der Waals surface area contributed by atoms with Gasteiger partial charge in [-0.2, -0.15) is 11.4 Å². The summed E-state index contributed by atoms with van der Waals surface area (Å²) >= 11 is 0. The maximum Gasteiger partial charge on any atom is 0.123 e. The molecule has 4 rings (SSSR count). The zero-order valence-corrected chi connectivity index (χ0v) is 21.4. The summed E-state index contributed by atoms with van der Waals surface area (Å²) in [6.45, 7) is 5.77. The molecule has 1 aliphatic heterocycles. The average Bonchev–Trinajstić information content (AvgIpc) is 2.95. The van der Waals surface area contributed by atoms with Crippen molar-refractivity contribution in [3.63, 3.8) is 0 Å². The van der Waals surface area contributed by atoms with Crippen LogP contribution in [-0.4, -0.2) is 55.7 Å². The van der Waals surface area contributed by atoms with Crippen molar-refractivity contribution in [3.8, 4) is 17.6 Å². The van der Waals surface area contributed by atoms with E-state index in [0.717, 1.165) is 61.6 Å². The van der Waals surface area contributed by atoms with Crippen LogP contribution in [-0.2, 0) is 4.94 Å². The molecule has 3 N–H and O–H groups in total. The zero-order valence-electron chi connectivity index (χ0n) is 21.4. The Kier molecular flexibility index (Phi) is 10.6. The monoisotopic (exact) mass is 520 g/mol. The molecule has 1 heterocycles. The number of nitrogens with zero attached hydrogens (tertiary/aromatic N) is 2. The molecule has 8 heteroatoms. The first kappa shape index (κ1) is 27.7. The normalized spacial score (nSPS) is 14.3. The number of benzene rings is 3. The molecule has 0 saturated carbocycles. The molecule has 3 aromatic carbocycles. The Labute approximate surface area is 223 Å². The van der Waals surface area contributed by atoms with Crippen LogP contribution in [0.3, 0.4) is 0 Å². The summed E-state index contributed by atoms with van der Waals surface area (Å²) in [5.74, 6) is 11.4. The minimum absolute atomic E-state index is 0.0361. The van der Waals surface area contributed by atoms with Gasteiger partial charge in [-0.25, -0.2) is 13.7 Å². The predicted molar refractivity (Wildman–Crippen MR) is 144 cm³/mol. The highest BCUT2D eigenvalue weighted by Gasteiger charge is 2.26. The molecular formula is C30H34F2N4O2. The maximum absolute atomic E-state index is 13.6. The van der Waals surface area contributed by atoms with Crippen molar-refractivity contribution in [2.75, 3.05) is 45.9 Å². The Morgan fingerprint density at radius 2 is 1.45 bits per heavy atom. The number of halogens is 2. The molecule has 0 unspecified atom stereocenters. The molecule has 0 atom stereocenters. The van der Waals surface area contributed by atoms with Crippen molar-refractivity contribution < 1.29 is 18.5 Å². The largest absolute Gasteiger partial charge is 0.494 e. The van der Waals surface area contributed by atoms with Gasteiger partial charge in [0.25, 0.3) is 0 Å². The summed E-state index contributed by atoms with van der Waals surface area (Å²) in [6, 6.07) is 21.0. The van der Waals surface area contributed by atoms with Gasteiger partial charge in [-0.1, -0.05) is 36.1 Å². The lowest BCUT2D eigenvalue weighted by molar-refractivity contribution is 0.0425. The van der Waals surface area contributed by atoms with Gasteiger partial charge >= 0.3 is 0 Å². The van der Waals surface area contributed by atoms with E-state index in [2.05, 4.69) is 32.1 Å². The van der Waals surface area contributed by atoms with Crippen molar-refractivity contribution in [1.82, 2.24) is 15.3 Å². The van der Waals surface area contributed by atoms with Crippen molar-refractivity contribution in [2.24, 2.45) is 5.90 Å². The quantitative estimate of drug-likeness (QED) is 0.224. The lowest BCUT2D eigenvalue weighted by atomic mass is 9.96. The van der Waals surface area contributed by atoms with Crippen molar-refractivity contribution in [3.05, 3.63) is 101 Å². The van der Waals surface area contributed by atoms with Gasteiger partial charge in [0.2, 0.25) is 0 Å². The van der Waals surface area contributed by atoms with Gasteiger partial charge in [0.05, 0.1) is 12.6 Å². The Balaban J connectivity index is 1.22. The van der Waals surface area contributed by atoms with E-state index in [9.17, 15) is 8.78 Å². The van der Waals surface area contributed by atoms with E-state index in [4.69, 9.17) is 10.6 Å². The zero-order chi connectivity index (χ0) is 26.6. The number of nitrogens with two attached hydrogens (primary N) is 1. The van der Waals surface area contributed by atoms with Crippen LogP contribution in [0.15, 0.2) is 72.8 Å². The Morgan fingerprint density at radius 1 is 0.842 bits per heavy atom. The molecule has 0 amide bonds. The van der Waals surface area contributed by atoms with Gasteiger partial charge in [0.15, 0.2) is 0 Å². The molecule has 1 fully saturated rings. The lowest BCUT2D eigenvalue weighted by Gasteiger charge is -2.39. The van der Waals surface area contributed by atoms with E-state index < -0.39 is 0 Å². The van der Waals surface area contributed by atoms with Crippen LogP contribution >= 0.6 is 0 Å². The second kappa shape index (κ2) is 14.6. The molecule has 0 bridgehead atoms. The third-order valence-electron chi connectivity index (χ3n) is 6.55. The molecule has 0 radical (unpaired) electrons. The minimum atomic E-state index is -0.258. The molecule has 1 aliphatic rings. The molecule has 200 valence electrons. The van der Waals surface area contributed by atoms with Crippen LogP contribution in [0.4, 0.5) is 8.78 Å². The SMILES string of the molecule is NONCCC#Cc1ccc(OCCCN2CCN(C(c3ccc(F)cc3)c3ccc(F)cc3)CC2)cc1. The van der Waals surface area contributed by atoms with Gasteiger partial charge in [0, 0.05) is 51.3 Å². The average molecular weight is 521 g/mol. The van der Waals surface area contributed by atoms with Crippen LogP contribution in [0.2, 0.25) is 0 Å². The first-order valence-corrected chi connectivity index (χ1v) is 12.9. The summed E-state index contributed by atoms with van der Waals surface area (Å²) in [6.07, 6.45) is 1.57. The number of rotatable bonds is 11. The molecule has 0 aromatic heterocycles. The van der Waals surface area contributed by atoms with E-state index in [1.807, 2.05) is 48.5 Å². The van der Waals surface area contributed by atoms with Crippen LogP contribution in [0.25, 0.3) is 0 Å². The second-order valence-electron chi connectivity index (χ2n) is 9.17. The van der Waals surface area contributed by atoms with Gasteiger partial charge in [-0.3, -0.25) is 4.90 Å². The Bertz CT molecular complexity index is 1120. The number of hydroxylamine groups is 1. The molecule has 1 saturated heterocycles. The van der Waals surface area contributed by atoms with E-state index in [-0.39, 0.29) is 17.7 Å². The number of nitrogens with one attached hydrogen (secondary N) is 1. The smallest absolute Gasteiger partial charge is 0.123 e. The van der Waals surface area contributed by atoms with Crippen LogP contribution in [0.5, 0.6) is 5.75 Å². The number of hydrogen-bond acceptors (Lipinski definition) is 6. The molecule has 0 spiro atoms. The topological polar surface area (TPSA) is 63.0 Å². The highest BCUT2D eigenvalue weighted by Crippen LogP contribution is 2.30. The van der Waals surface area contributed by atoms with Gasteiger partial charge in [0.1, 0.15) is 17.4 Å². The summed E-state index contributed by atoms with van der Waals surface area (Å²) in [4.78, 5) is 9.12. The molecule has 3 aromatic rings. The Hall–Kier alpha value is -3.32. The van der Waals surface area contributed by atoms with Gasteiger partial charge in [-0.05, 0) is 66.1 Å². The van der Waals surface area contributed by atoms with E-state index in [1.165, 1.54) is 24.3 Å². The van der Waals surface area contributed by atoms with Crippen LogP contribution in [0.1, 0.15) is 35.6 Å². The van der Waals surface area contributed by atoms with Crippen LogP contribution in [0, 0.1) is 23.5 Å². The lowest BCUT2D eigenvalue weighted by Crippen LogP contribution is -2.48. The molecule has 0 aliphatic carbocycles. The minimum Gasteiger partial charge on any atom is -0.494 e. The maximum atomic E-state index is 13.6. The summed E-state index contributed by atoms with van der Waals surface area (Å²) in [5, 5.41) is 0. The number of piperazine rings is 1. The van der Waals surface area contributed by atoms with E-state index in [0.29, 0.717) is 19.6 Å². The van der Waals surface area contributed by atoms with Gasteiger partial charge < -0.3 is 9.64 Å². The number of hydrogen-bond donors (Lipinski definition) is 2. The van der Waals surface area contributed by atoms with E-state index >= 15 is 0 Å². The predicted octanol–water partition coefficient (Wildman–Crippen LogP) is 4.28. The summed E-state index contributed by atoms with van der Waals surface area (Å²) in [7, 11) is 0. The fourth-order valence-electron chi connectivity index (χ4n) is 4.60. The van der Waals surface area contributed by atoms with Crippen molar-refractivity contribution >= 4 is 0 Å². The first-order valence-electron chi connectivity index (χ1n) is 12.9. The number of ether oxygens (including phenoxy) is 1. The third kappa shape index (κ3) is 8.35. The second-order valence-corrected chi connectivity index (χ2v) is 9.17. The highest BCUT2D eigenvalue weighted by molar-refractivity contribution is 5.38. The fraction of sp³-hybridized carbons (Fsp3) is 0.333. The molecule has 38 heavy (non-hydrogen) atoms. The van der Waals surface area contributed by atoms with Gasteiger partial charge in [-0.15, -0.1) is 0 Å². The van der Waals surface area contributed by atoms with Crippen molar-refractivity contribution in [2.45, 2.75) is 18.9 Å². The molecular weight excluding hydrogens is 486 g/mol. The third-order valence-corrected chi connectivity index (χ3v) is 6.55. The van der Waals surface area contributed by atoms with E-state index in [1.54, 1.807) is 0 Å².